The normalized spacial score (nSPS) is 10.9. The highest BCUT2D eigenvalue weighted by Crippen LogP contribution is 2.33. The standard InChI is InChI=1S/C15H16N4S/c1-9-10(2)20-15-13(9)14(18-11(3)19-15)17-8-12-5-4-6-16-7-12/h4-7H,8H2,1-3H3,(H,17,18,19). The Kier molecular flexibility index (Phi) is 3.36. The van der Waals surface area contributed by atoms with Gasteiger partial charge in [-0.25, -0.2) is 9.97 Å². The van der Waals surface area contributed by atoms with Crippen LogP contribution in [0.5, 0.6) is 0 Å². The van der Waals surface area contributed by atoms with Crippen LogP contribution in [0, 0.1) is 20.8 Å². The maximum atomic E-state index is 4.55. The number of thiophene rings is 1. The quantitative estimate of drug-likeness (QED) is 0.798. The van der Waals surface area contributed by atoms with Crippen LogP contribution >= 0.6 is 11.3 Å². The van der Waals surface area contributed by atoms with Crippen molar-refractivity contribution in [1.82, 2.24) is 15.0 Å². The first kappa shape index (κ1) is 13.0. The summed E-state index contributed by atoms with van der Waals surface area (Å²) in [6.45, 7) is 6.90. The first-order valence-electron chi connectivity index (χ1n) is 6.52. The number of rotatable bonds is 3. The lowest BCUT2D eigenvalue weighted by Gasteiger charge is -2.08. The van der Waals surface area contributed by atoms with Crippen molar-refractivity contribution in [3.8, 4) is 0 Å². The van der Waals surface area contributed by atoms with Gasteiger partial charge in [0.05, 0.1) is 5.39 Å². The lowest BCUT2D eigenvalue weighted by Crippen LogP contribution is -2.04. The Bertz CT molecular complexity index is 749. The molecule has 0 aliphatic carbocycles. The van der Waals surface area contributed by atoms with Crippen LogP contribution in [0.25, 0.3) is 10.2 Å². The fourth-order valence-corrected chi connectivity index (χ4v) is 3.25. The van der Waals surface area contributed by atoms with E-state index >= 15 is 0 Å². The summed E-state index contributed by atoms with van der Waals surface area (Å²) in [5.41, 5.74) is 2.40. The van der Waals surface area contributed by atoms with Gasteiger partial charge in [0, 0.05) is 23.8 Å². The second kappa shape index (κ2) is 5.17. The summed E-state index contributed by atoms with van der Waals surface area (Å²) < 4.78 is 0. The minimum absolute atomic E-state index is 0.716. The molecule has 4 nitrogen and oxygen atoms in total. The van der Waals surface area contributed by atoms with Crippen LogP contribution in [0.15, 0.2) is 24.5 Å². The highest BCUT2D eigenvalue weighted by atomic mass is 32.1. The molecule has 3 aromatic heterocycles. The van der Waals surface area contributed by atoms with Gasteiger partial charge in [0.15, 0.2) is 0 Å². The third-order valence-electron chi connectivity index (χ3n) is 3.32. The van der Waals surface area contributed by atoms with Crippen LogP contribution < -0.4 is 5.32 Å². The van der Waals surface area contributed by atoms with Crippen molar-refractivity contribution in [2.45, 2.75) is 27.3 Å². The van der Waals surface area contributed by atoms with E-state index in [0.29, 0.717) is 6.54 Å². The van der Waals surface area contributed by atoms with E-state index in [-0.39, 0.29) is 0 Å². The van der Waals surface area contributed by atoms with Crippen molar-refractivity contribution in [3.05, 3.63) is 46.4 Å². The Hall–Kier alpha value is -2.01. The first-order chi connectivity index (χ1) is 9.65. The number of pyridine rings is 1. The Morgan fingerprint density at radius 2 is 2.05 bits per heavy atom. The molecule has 0 bridgehead atoms. The summed E-state index contributed by atoms with van der Waals surface area (Å²) >= 11 is 1.73. The molecule has 0 aliphatic rings. The Labute approximate surface area is 121 Å². The summed E-state index contributed by atoms with van der Waals surface area (Å²) in [6.07, 6.45) is 3.65. The lowest BCUT2D eigenvalue weighted by molar-refractivity contribution is 1.05. The molecular weight excluding hydrogens is 268 g/mol. The number of hydrogen-bond donors (Lipinski definition) is 1. The van der Waals surface area contributed by atoms with Crippen LogP contribution in [0.1, 0.15) is 21.8 Å². The van der Waals surface area contributed by atoms with Crippen LogP contribution in [0.3, 0.4) is 0 Å². The van der Waals surface area contributed by atoms with Gasteiger partial charge in [-0.05, 0) is 38.0 Å². The molecule has 0 atom stereocenters. The number of hydrogen-bond acceptors (Lipinski definition) is 5. The Balaban J connectivity index is 1.98. The fourth-order valence-electron chi connectivity index (χ4n) is 2.17. The van der Waals surface area contributed by atoms with Gasteiger partial charge in [-0.1, -0.05) is 6.07 Å². The van der Waals surface area contributed by atoms with Gasteiger partial charge in [0.25, 0.3) is 0 Å². The van der Waals surface area contributed by atoms with Gasteiger partial charge < -0.3 is 5.32 Å². The van der Waals surface area contributed by atoms with Crippen LogP contribution in [0.2, 0.25) is 0 Å². The molecule has 0 saturated heterocycles. The fraction of sp³-hybridized carbons (Fsp3) is 0.267. The molecular formula is C15H16N4S. The van der Waals surface area contributed by atoms with E-state index in [1.165, 1.54) is 10.4 Å². The van der Waals surface area contributed by atoms with Crippen molar-refractivity contribution < 1.29 is 0 Å². The average Bonchev–Trinajstić information content (AvgIpc) is 2.72. The zero-order valence-corrected chi connectivity index (χ0v) is 12.6. The highest BCUT2D eigenvalue weighted by molar-refractivity contribution is 7.18. The maximum Gasteiger partial charge on any atom is 0.139 e. The molecule has 102 valence electrons. The van der Waals surface area contributed by atoms with E-state index in [1.807, 2.05) is 19.2 Å². The molecule has 0 radical (unpaired) electrons. The molecule has 0 spiro atoms. The zero-order chi connectivity index (χ0) is 14.1. The molecule has 5 heteroatoms. The van der Waals surface area contributed by atoms with Crippen LogP contribution in [0.4, 0.5) is 5.82 Å². The van der Waals surface area contributed by atoms with E-state index in [9.17, 15) is 0 Å². The minimum Gasteiger partial charge on any atom is -0.365 e. The summed E-state index contributed by atoms with van der Waals surface area (Å²) in [5.74, 6) is 1.71. The maximum absolute atomic E-state index is 4.55. The SMILES string of the molecule is Cc1nc(NCc2cccnc2)c2c(C)c(C)sc2n1. The van der Waals surface area contributed by atoms with Crippen LogP contribution in [-0.4, -0.2) is 15.0 Å². The monoisotopic (exact) mass is 284 g/mol. The van der Waals surface area contributed by atoms with E-state index in [1.54, 1.807) is 17.5 Å². The lowest BCUT2D eigenvalue weighted by atomic mass is 10.2. The third kappa shape index (κ3) is 2.36. The van der Waals surface area contributed by atoms with E-state index in [0.717, 1.165) is 27.4 Å². The number of nitrogens with one attached hydrogen (secondary N) is 1. The van der Waals surface area contributed by atoms with E-state index < -0.39 is 0 Å². The first-order valence-corrected chi connectivity index (χ1v) is 7.34. The smallest absolute Gasteiger partial charge is 0.139 e. The molecule has 0 unspecified atom stereocenters. The second-order valence-electron chi connectivity index (χ2n) is 4.80. The molecule has 0 saturated carbocycles. The highest BCUT2D eigenvalue weighted by Gasteiger charge is 2.13. The summed E-state index contributed by atoms with van der Waals surface area (Å²) in [6, 6.07) is 3.99. The molecule has 0 aromatic carbocycles. The number of nitrogens with zero attached hydrogens (tertiary/aromatic N) is 3. The minimum atomic E-state index is 0.716. The van der Waals surface area contributed by atoms with E-state index in [2.05, 4.69) is 40.2 Å². The van der Waals surface area contributed by atoms with Crippen molar-refractivity contribution in [3.63, 3.8) is 0 Å². The number of fused-ring (bicyclic) bond motifs is 1. The van der Waals surface area contributed by atoms with Crippen LogP contribution in [-0.2, 0) is 6.54 Å². The predicted molar refractivity (Wildman–Crippen MR) is 83.2 cm³/mol. The molecule has 3 heterocycles. The largest absolute Gasteiger partial charge is 0.365 e. The third-order valence-corrected chi connectivity index (χ3v) is 4.42. The van der Waals surface area contributed by atoms with Gasteiger partial charge in [0.2, 0.25) is 0 Å². The number of aromatic nitrogens is 3. The summed E-state index contributed by atoms with van der Waals surface area (Å²) in [7, 11) is 0. The van der Waals surface area contributed by atoms with Gasteiger partial charge in [-0.2, -0.15) is 0 Å². The molecule has 0 fully saturated rings. The predicted octanol–water partition coefficient (Wildman–Crippen LogP) is 3.62. The molecule has 0 amide bonds. The molecule has 1 N–H and O–H groups in total. The topological polar surface area (TPSA) is 50.7 Å². The molecule has 0 aliphatic heterocycles. The van der Waals surface area contributed by atoms with Gasteiger partial charge in [-0.3, -0.25) is 4.98 Å². The zero-order valence-electron chi connectivity index (χ0n) is 11.8. The van der Waals surface area contributed by atoms with Gasteiger partial charge >= 0.3 is 0 Å². The van der Waals surface area contributed by atoms with Gasteiger partial charge in [-0.15, -0.1) is 11.3 Å². The van der Waals surface area contributed by atoms with Crippen molar-refractivity contribution in [2.75, 3.05) is 5.32 Å². The number of anilines is 1. The molecule has 3 aromatic rings. The summed E-state index contributed by atoms with van der Waals surface area (Å²) in [4.78, 5) is 15.6. The number of aryl methyl sites for hydroxylation is 3. The average molecular weight is 284 g/mol. The van der Waals surface area contributed by atoms with Crippen molar-refractivity contribution in [1.29, 1.82) is 0 Å². The molecule has 20 heavy (non-hydrogen) atoms. The van der Waals surface area contributed by atoms with Crippen molar-refractivity contribution in [2.24, 2.45) is 0 Å². The Morgan fingerprint density at radius 1 is 1.20 bits per heavy atom. The second-order valence-corrected chi connectivity index (χ2v) is 6.00. The van der Waals surface area contributed by atoms with E-state index in [4.69, 9.17) is 0 Å². The Morgan fingerprint density at radius 3 is 2.80 bits per heavy atom. The van der Waals surface area contributed by atoms with Gasteiger partial charge in [0.1, 0.15) is 16.5 Å². The molecule has 3 rings (SSSR count). The van der Waals surface area contributed by atoms with Crippen molar-refractivity contribution >= 4 is 27.4 Å². The summed E-state index contributed by atoms with van der Waals surface area (Å²) in [5, 5.41) is 4.56.